The maximum atomic E-state index is 13.0. The Balaban J connectivity index is 1.93. The second kappa shape index (κ2) is 7.19. The van der Waals surface area contributed by atoms with E-state index in [9.17, 15) is 18.8 Å². The molecule has 1 aromatic carbocycles. The molecule has 0 fully saturated rings. The highest BCUT2D eigenvalue weighted by Gasteiger charge is 2.19. The van der Waals surface area contributed by atoms with Gasteiger partial charge < -0.3 is 10.1 Å². The molecule has 0 bridgehead atoms. The zero-order valence-electron chi connectivity index (χ0n) is 12.5. The van der Waals surface area contributed by atoms with Crippen LogP contribution in [-0.2, 0) is 20.9 Å². The summed E-state index contributed by atoms with van der Waals surface area (Å²) in [6.45, 7) is 2.84. The lowest BCUT2D eigenvalue weighted by Crippen LogP contribution is -2.32. The minimum absolute atomic E-state index is 0.258. The first-order chi connectivity index (χ1) is 10.9. The number of carbonyl (C=O) groups excluding carboxylic acids is 2. The van der Waals surface area contributed by atoms with Crippen LogP contribution in [0.4, 0.5) is 10.1 Å². The van der Waals surface area contributed by atoms with E-state index in [4.69, 9.17) is 4.74 Å². The van der Waals surface area contributed by atoms with Gasteiger partial charge in [0.05, 0.1) is 0 Å². The molecule has 1 N–H and O–H groups in total. The van der Waals surface area contributed by atoms with Gasteiger partial charge in [0.25, 0.3) is 5.91 Å². The SMILES string of the molecule is Cc1csc(=O)n1CC(=O)O[C@H](C)C(=O)Nc1cccc(F)c1. The second-order valence-electron chi connectivity index (χ2n) is 4.86. The van der Waals surface area contributed by atoms with Gasteiger partial charge in [-0.2, -0.15) is 0 Å². The number of ether oxygens (including phenoxy) is 1. The number of rotatable bonds is 5. The predicted octanol–water partition coefficient (Wildman–Crippen LogP) is 1.93. The Morgan fingerprint density at radius 3 is 2.78 bits per heavy atom. The standard InChI is InChI=1S/C15H15FN2O4S/c1-9-8-23-15(21)18(9)7-13(19)22-10(2)14(20)17-12-5-3-4-11(16)6-12/h3-6,8,10H,7H2,1-2H3,(H,17,20)/t10-/m1/s1. The number of esters is 1. The van der Waals surface area contributed by atoms with Crippen molar-refractivity contribution in [2.75, 3.05) is 5.32 Å². The van der Waals surface area contributed by atoms with Crippen molar-refractivity contribution in [2.24, 2.45) is 0 Å². The Kier molecular flexibility index (Phi) is 5.28. The van der Waals surface area contributed by atoms with Crippen LogP contribution in [0.15, 0.2) is 34.4 Å². The number of hydrogen-bond acceptors (Lipinski definition) is 5. The molecule has 0 spiro atoms. The van der Waals surface area contributed by atoms with Gasteiger partial charge in [-0.25, -0.2) is 4.39 Å². The minimum atomic E-state index is -1.07. The van der Waals surface area contributed by atoms with Crippen LogP contribution in [0.3, 0.4) is 0 Å². The lowest BCUT2D eigenvalue weighted by Gasteiger charge is -2.14. The maximum absolute atomic E-state index is 13.0. The van der Waals surface area contributed by atoms with Gasteiger partial charge in [-0.3, -0.25) is 19.0 Å². The molecule has 6 nitrogen and oxygen atoms in total. The predicted molar refractivity (Wildman–Crippen MR) is 83.9 cm³/mol. The van der Waals surface area contributed by atoms with Gasteiger partial charge in [0.1, 0.15) is 12.4 Å². The lowest BCUT2D eigenvalue weighted by molar-refractivity contribution is -0.153. The Hall–Kier alpha value is -2.48. The number of nitrogens with one attached hydrogen (secondary N) is 1. The van der Waals surface area contributed by atoms with E-state index in [-0.39, 0.29) is 17.1 Å². The normalized spacial score (nSPS) is 11.8. The molecule has 1 amide bonds. The van der Waals surface area contributed by atoms with Gasteiger partial charge in [-0.1, -0.05) is 17.4 Å². The molecule has 0 aliphatic heterocycles. The smallest absolute Gasteiger partial charge is 0.326 e. The molecule has 0 saturated heterocycles. The summed E-state index contributed by atoms with van der Waals surface area (Å²) in [5, 5.41) is 4.08. The summed E-state index contributed by atoms with van der Waals surface area (Å²) in [7, 11) is 0. The van der Waals surface area contributed by atoms with Gasteiger partial charge in [0.2, 0.25) is 0 Å². The molecule has 0 aliphatic rings. The van der Waals surface area contributed by atoms with E-state index in [2.05, 4.69) is 5.32 Å². The van der Waals surface area contributed by atoms with Crippen molar-refractivity contribution in [1.29, 1.82) is 0 Å². The van der Waals surface area contributed by atoms with Gasteiger partial charge in [0.15, 0.2) is 6.10 Å². The number of aromatic nitrogens is 1. The van der Waals surface area contributed by atoms with E-state index in [0.29, 0.717) is 5.69 Å². The average molecular weight is 338 g/mol. The number of aryl methyl sites for hydroxylation is 1. The van der Waals surface area contributed by atoms with Crippen LogP contribution in [0.2, 0.25) is 0 Å². The molecule has 122 valence electrons. The molecule has 2 rings (SSSR count). The summed E-state index contributed by atoms with van der Waals surface area (Å²) < 4.78 is 19.3. The van der Waals surface area contributed by atoms with Crippen LogP contribution < -0.4 is 10.2 Å². The molecule has 0 unspecified atom stereocenters. The Labute approximate surface area is 135 Å². The first-order valence-electron chi connectivity index (χ1n) is 6.77. The van der Waals surface area contributed by atoms with Crippen LogP contribution in [-0.4, -0.2) is 22.5 Å². The molecule has 0 aliphatic carbocycles. The third-order valence-corrected chi connectivity index (χ3v) is 3.91. The fourth-order valence-electron chi connectivity index (χ4n) is 1.82. The third kappa shape index (κ3) is 4.49. The Bertz CT molecular complexity index is 784. The van der Waals surface area contributed by atoms with Crippen molar-refractivity contribution >= 4 is 28.9 Å². The van der Waals surface area contributed by atoms with Crippen LogP contribution in [0, 0.1) is 12.7 Å². The number of benzene rings is 1. The summed E-state index contributed by atoms with van der Waals surface area (Å²) in [5.74, 6) is -1.77. The maximum Gasteiger partial charge on any atom is 0.326 e. The van der Waals surface area contributed by atoms with E-state index in [1.807, 2.05) is 0 Å². The van der Waals surface area contributed by atoms with Crippen molar-refractivity contribution < 1.29 is 18.7 Å². The number of thiazole rings is 1. The number of amides is 1. The molecule has 0 radical (unpaired) electrons. The summed E-state index contributed by atoms with van der Waals surface area (Å²) in [4.78, 5) is 35.0. The summed E-state index contributed by atoms with van der Waals surface area (Å²) >= 11 is 0.986. The number of hydrogen-bond donors (Lipinski definition) is 1. The summed E-state index contributed by atoms with van der Waals surface area (Å²) in [5.41, 5.74) is 0.914. The second-order valence-corrected chi connectivity index (χ2v) is 5.68. The molecule has 1 aromatic heterocycles. The Morgan fingerprint density at radius 2 is 2.17 bits per heavy atom. The van der Waals surface area contributed by atoms with E-state index >= 15 is 0 Å². The van der Waals surface area contributed by atoms with Crippen LogP contribution in [0.25, 0.3) is 0 Å². The monoisotopic (exact) mass is 338 g/mol. The minimum Gasteiger partial charge on any atom is -0.451 e. The van der Waals surface area contributed by atoms with Crippen LogP contribution in [0.1, 0.15) is 12.6 Å². The largest absolute Gasteiger partial charge is 0.451 e. The summed E-state index contributed by atoms with van der Waals surface area (Å²) in [6, 6.07) is 5.37. The lowest BCUT2D eigenvalue weighted by atomic mass is 10.3. The van der Waals surface area contributed by atoms with E-state index < -0.39 is 23.8 Å². The zero-order valence-corrected chi connectivity index (χ0v) is 13.4. The number of nitrogens with zero attached hydrogens (tertiary/aromatic N) is 1. The van der Waals surface area contributed by atoms with Crippen LogP contribution in [0.5, 0.6) is 0 Å². The van der Waals surface area contributed by atoms with Crippen molar-refractivity contribution in [3.05, 3.63) is 50.8 Å². The fraction of sp³-hybridized carbons (Fsp3) is 0.267. The summed E-state index contributed by atoms with van der Waals surface area (Å²) in [6.07, 6.45) is -1.07. The first-order valence-corrected chi connectivity index (χ1v) is 7.65. The number of halogens is 1. The molecular weight excluding hydrogens is 323 g/mol. The molecule has 8 heteroatoms. The Morgan fingerprint density at radius 1 is 1.43 bits per heavy atom. The van der Waals surface area contributed by atoms with Crippen LogP contribution >= 0.6 is 11.3 Å². The third-order valence-electron chi connectivity index (χ3n) is 3.03. The van der Waals surface area contributed by atoms with Crippen molar-refractivity contribution in [3.8, 4) is 0 Å². The highest BCUT2D eigenvalue weighted by atomic mass is 32.1. The first kappa shape index (κ1) is 16.9. The van der Waals surface area contributed by atoms with Crippen molar-refractivity contribution in [3.63, 3.8) is 0 Å². The van der Waals surface area contributed by atoms with Gasteiger partial charge in [-0.15, -0.1) is 0 Å². The molecular formula is C15H15FN2O4S. The molecule has 0 saturated carbocycles. The zero-order chi connectivity index (χ0) is 17.0. The molecule has 1 atom stereocenters. The topological polar surface area (TPSA) is 77.4 Å². The van der Waals surface area contributed by atoms with E-state index in [1.54, 1.807) is 12.3 Å². The van der Waals surface area contributed by atoms with E-state index in [0.717, 1.165) is 17.4 Å². The van der Waals surface area contributed by atoms with Gasteiger partial charge in [-0.05, 0) is 32.0 Å². The molecule has 2 aromatic rings. The highest BCUT2D eigenvalue weighted by Crippen LogP contribution is 2.10. The molecule has 23 heavy (non-hydrogen) atoms. The van der Waals surface area contributed by atoms with Crippen molar-refractivity contribution in [2.45, 2.75) is 26.5 Å². The fourth-order valence-corrected chi connectivity index (χ4v) is 2.56. The van der Waals surface area contributed by atoms with Gasteiger partial charge in [0, 0.05) is 16.8 Å². The van der Waals surface area contributed by atoms with Gasteiger partial charge >= 0.3 is 10.8 Å². The average Bonchev–Trinajstić information content (AvgIpc) is 2.79. The van der Waals surface area contributed by atoms with E-state index in [1.165, 1.54) is 29.7 Å². The number of anilines is 1. The molecule has 1 heterocycles. The van der Waals surface area contributed by atoms with Crippen molar-refractivity contribution in [1.82, 2.24) is 4.57 Å². The highest BCUT2D eigenvalue weighted by molar-refractivity contribution is 7.07. The quantitative estimate of drug-likeness (QED) is 0.845. The number of carbonyl (C=O) groups is 2.